The van der Waals surface area contributed by atoms with Gasteiger partial charge in [0.1, 0.15) is 7.57 Å². The number of hydrogen-bond acceptors (Lipinski definition) is 2. The minimum Gasteiger partial charge on any atom is -0.330 e. The maximum absolute atomic E-state index is 5.45. The standard InChI is InChI=1S/C3H9BNPS/c1-6(4)7-3-2-5/h2-3,5H2,1H3. The lowest BCUT2D eigenvalue weighted by atomic mass is 10.8. The van der Waals surface area contributed by atoms with Crippen LogP contribution in [-0.2, 0) is 0 Å². The first-order chi connectivity index (χ1) is 3.27. The van der Waals surface area contributed by atoms with Gasteiger partial charge in [0, 0.05) is 12.3 Å². The largest absolute Gasteiger partial charge is 0.330 e. The van der Waals surface area contributed by atoms with E-state index in [1.807, 2.05) is 6.66 Å². The molecule has 0 aliphatic rings. The van der Waals surface area contributed by atoms with Crippen LogP contribution in [0.5, 0.6) is 0 Å². The molecule has 0 aliphatic heterocycles. The fraction of sp³-hybridized carbons (Fsp3) is 1.00. The third-order valence-electron chi connectivity index (χ3n) is 0.413. The predicted octanol–water partition coefficient (Wildman–Crippen LogP) is 0.788. The maximum Gasteiger partial charge on any atom is 0.123 e. The summed E-state index contributed by atoms with van der Waals surface area (Å²) in [5.41, 5.74) is 5.21. The molecule has 1 nitrogen and oxygen atoms in total. The summed E-state index contributed by atoms with van der Waals surface area (Å²) in [6, 6.07) is 0. The molecule has 1 atom stereocenters. The van der Waals surface area contributed by atoms with Gasteiger partial charge in [-0.05, 0) is 6.66 Å². The Morgan fingerprint density at radius 1 is 1.86 bits per heavy atom. The minimum absolute atomic E-state index is 0.270. The second-order valence-electron chi connectivity index (χ2n) is 1.17. The predicted molar refractivity (Wildman–Crippen MR) is 40.1 cm³/mol. The SMILES string of the molecule is [B]P(C)SCCN. The molecule has 0 fully saturated rings. The summed E-state index contributed by atoms with van der Waals surface area (Å²) >= 11 is 1.75. The smallest absolute Gasteiger partial charge is 0.123 e. The van der Waals surface area contributed by atoms with Gasteiger partial charge in [-0.25, -0.2) is 0 Å². The van der Waals surface area contributed by atoms with Crippen molar-refractivity contribution >= 4 is 25.9 Å². The molecule has 0 aromatic carbocycles. The van der Waals surface area contributed by atoms with E-state index in [2.05, 4.69) is 0 Å². The van der Waals surface area contributed by atoms with Crippen LogP contribution >= 0.6 is 18.4 Å². The molecule has 2 radical (unpaired) electrons. The van der Waals surface area contributed by atoms with Crippen molar-refractivity contribution in [3.63, 3.8) is 0 Å². The minimum atomic E-state index is -0.270. The maximum atomic E-state index is 5.45. The summed E-state index contributed by atoms with van der Waals surface area (Å²) in [6.07, 6.45) is 0. The summed E-state index contributed by atoms with van der Waals surface area (Å²) < 4.78 is 0. The van der Waals surface area contributed by atoms with E-state index >= 15 is 0 Å². The molecule has 0 saturated heterocycles. The first kappa shape index (κ1) is 7.80. The molecular weight excluding hydrogens is 124 g/mol. The molecule has 0 saturated carbocycles. The zero-order valence-electron chi connectivity index (χ0n) is 4.42. The fourth-order valence-electron chi connectivity index (χ4n) is 0.197. The van der Waals surface area contributed by atoms with Crippen molar-refractivity contribution in [3.8, 4) is 0 Å². The van der Waals surface area contributed by atoms with Gasteiger partial charge in [0.15, 0.2) is 0 Å². The van der Waals surface area contributed by atoms with Gasteiger partial charge >= 0.3 is 0 Å². The highest BCUT2D eigenvalue weighted by molar-refractivity contribution is 8.62. The van der Waals surface area contributed by atoms with E-state index in [4.69, 9.17) is 13.3 Å². The highest BCUT2D eigenvalue weighted by Gasteiger charge is 1.87. The molecule has 0 amide bonds. The quantitative estimate of drug-likeness (QED) is 0.454. The molecule has 0 bridgehead atoms. The zero-order valence-corrected chi connectivity index (χ0v) is 6.14. The highest BCUT2D eigenvalue weighted by Crippen LogP contribution is 2.39. The number of rotatable bonds is 3. The van der Waals surface area contributed by atoms with E-state index in [1.165, 1.54) is 0 Å². The van der Waals surface area contributed by atoms with E-state index in [0.717, 1.165) is 12.3 Å². The van der Waals surface area contributed by atoms with Crippen LogP contribution in [0.4, 0.5) is 0 Å². The highest BCUT2D eigenvalue weighted by atomic mass is 32.7. The molecule has 0 spiro atoms. The lowest BCUT2D eigenvalue weighted by Crippen LogP contribution is -1.99. The molecule has 0 aromatic heterocycles. The molecule has 2 N–H and O–H groups in total. The normalized spacial score (nSPS) is 14.0. The van der Waals surface area contributed by atoms with Crippen molar-refractivity contribution in [1.82, 2.24) is 0 Å². The second-order valence-corrected chi connectivity index (χ2v) is 5.43. The van der Waals surface area contributed by atoms with Gasteiger partial charge in [-0.15, -0.1) is 18.4 Å². The summed E-state index contributed by atoms with van der Waals surface area (Å²) in [5, 5.41) is 0. The van der Waals surface area contributed by atoms with Crippen LogP contribution in [0.3, 0.4) is 0 Å². The van der Waals surface area contributed by atoms with Crippen molar-refractivity contribution in [2.24, 2.45) is 5.73 Å². The zero-order chi connectivity index (χ0) is 5.70. The molecule has 40 valence electrons. The van der Waals surface area contributed by atoms with Crippen molar-refractivity contribution in [2.75, 3.05) is 19.0 Å². The third-order valence-corrected chi connectivity index (χ3v) is 3.01. The Labute approximate surface area is 51.3 Å². The molecule has 0 rings (SSSR count). The Morgan fingerprint density at radius 2 is 2.43 bits per heavy atom. The van der Waals surface area contributed by atoms with Crippen molar-refractivity contribution in [3.05, 3.63) is 0 Å². The Balaban J connectivity index is 2.68. The molecule has 0 aromatic rings. The van der Waals surface area contributed by atoms with Gasteiger partial charge in [0.2, 0.25) is 0 Å². The van der Waals surface area contributed by atoms with Crippen LogP contribution in [0.25, 0.3) is 0 Å². The van der Waals surface area contributed by atoms with Gasteiger partial charge < -0.3 is 5.73 Å². The number of nitrogens with two attached hydrogens (primary N) is 1. The van der Waals surface area contributed by atoms with Gasteiger partial charge in [0.25, 0.3) is 0 Å². The number of hydrogen-bond donors (Lipinski definition) is 1. The van der Waals surface area contributed by atoms with Crippen LogP contribution in [0.1, 0.15) is 0 Å². The second kappa shape index (κ2) is 4.95. The summed E-state index contributed by atoms with van der Waals surface area (Å²) in [4.78, 5) is 0. The van der Waals surface area contributed by atoms with Gasteiger partial charge in [-0.2, -0.15) is 0 Å². The van der Waals surface area contributed by atoms with Crippen LogP contribution in [0, 0.1) is 0 Å². The molecule has 1 unspecified atom stereocenters. The molecule has 0 heterocycles. The third kappa shape index (κ3) is 6.80. The molecule has 7 heavy (non-hydrogen) atoms. The Bertz CT molecular complexity index is 43.9. The van der Waals surface area contributed by atoms with Crippen LogP contribution in [-0.4, -0.2) is 26.5 Å². The average Bonchev–Trinajstić information content (AvgIpc) is 1.61. The van der Waals surface area contributed by atoms with Crippen LogP contribution < -0.4 is 5.73 Å². The lowest BCUT2D eigenvalue weighted by molar-refractivity contribution is 1.16. The monoisotopic (exact) mass is 133 g/mol. The lowest BCUT2D eigenvalue weighted by Gasteiger charge is -2.00. The Kier molecular flexibility index (Phi) is 5.52. The average molecular weight is 133 g/mol. The van der Waals surface area contributed by atoms with Crippen LogP contribution in [0.2, 0.25) is 0 Å². The Hall–Kier alpha value is 0.805. The van der Waals surface area contributed by atoms with Gasteiger partial charge in [-0.1, -0.05) is 0 Å². The summed E-state index contributed by atoms with van der Waals surface area (Å²) in [5.74, 6) is 0.999. The van der Waals surface area contributed by atoms with Gasteiger partial charge in [0.05, 0.1) is 0 Å². The van der Waals surface area contributed by atoms with Gasteiger partial charge in [-0.3, -0.25) is 0 Å². The fourth-order valence-corrected chi connectivity index (χ4v) is 1.77. The topological polar surface area (TPSA) is 26.0 Å². The van der Waals surface area contributed by atoms with Crippen molar-refractivity contribution < 1.29 is 0 Å². The van der Waals surface area contributed by atoms with E-state index < -0.39 is 0 Å². The first-order valence-corrected chi connectivity index (χ1v) is 5.53. The van der Waals surface area contributed by atoms with E-state index in [1.54, 1.807) is 11.4 Å². The molecular formula is C3H9BNPS. The van der Waals surface area contributed by atoms with E-state index in [-0.39, 0.29) is 7.00 Å². The van der Waals surface area contributed by atoms with Crippen LogP contribution in [0.15, 0.2) is 0 Å². The summed E-state index contributed by atoms with van der Waals surface area (Å²) in [7, 11) is 5.18. The van der Waals surface area contributed by atoms with Crippen molar-refractivity contribution in [1.29, 1.82) is 0 Å². The van der Waals surface area contributed by atoms with Crippen molar-refractivity contribution in [2.45, 2.75) is 0 Å². The molecule has 4 heteroatoms. The Morgan fingerprint density at radius 3 is 2.57 bits per heavy atom. The first-order valence-electron chi connectivity index (χ1n) is 2.08. The van der Waals surface area contributed by atoms with E-state index in [0.29, 0.717) is 0 Å². The summed E-state index contributed by atoms with van der Waals surface area (Å²) in [6.45, 7) is 2.77. The van der Waals surface area contributed by atoms with E-state index in [9.17, 15) is 0 Å². The molecule has 0 aliphatic carbocycles.